The number of nitrogens with zero attached hydrogens (tertiary/aromatic N) is 3. The number of hydrogen-bond acceptors (Lipinski definition) is 5. The smallest absolute Gasteiger partial charge is 0.267 e. The molecule has 3 rings (SSSR count). The Morgan fingerprint density at radius 1 is 1.32 bits per heavy atom. The zero-order valence-electron chi connectivity index (χ0n) is 12.5. The summed E-state index contributed by atoms with van der Waals surface area (Å²) in [5.41, 5.74) is 2.52. The number of anilines is 1. The zero-order valence-corrected chi connectivity index (χ0v) is 14.1. The predicted octanol–water partition coefficient (Wildman–Crippen LogP) is 2.93. The van der Waals surface area contributed by atoms with Crippen LogP contribution in [0.1, 0.15) is 18.2 Å². The number of aromatic nitrogens is 3. The number of aryl methyl sites for hydroxylation is 2. The fraction of sp³-hybridized carbons (Fsp3) is 0.286. The molecule has 0 radical (unpaired) electrons. The van der Waals surface area contributed by atoms with Crippen LogP contribution >= 0.6 is 11.3 Å². The summed E-state index contributed by atoms with van der Waals surface area (Å²) in [6.45, 7) is 6.28. The lowest BCUT2D eigenvalue weighted by atomic mass is 10.2. The highest BCUT2D eigenvalue weighted by molar-refractivity contribution is 7.93. The molecule has 0 saturated heterocycles. The van der Waals surface area contributed by atoms with Gasteiger partial charge < -0.3 is 0 Å². The van der Waals surface area contributed by atoms with Gasteiger partial charge in [-0.1, -0.05) is 17.4 Å². The Hall–Kier alpha value is -1.93. The molecule has 22 heavy (non-hydrogen) atoms. The standard InChI is InChI=1S/C14H16N4O2S2/c1-4-18-10(3)13(8-15-18)22(19,20)17-14-16-11-6-5-9(2)7-12(11)21-14/h5-8H,4H2,1-3H3,(H,16,17). The van der Waals surface area contributed by atoms with E-state index in [-0.39, 0.29) is 4.90 Å². The maximum Gasteiger partial charge on any atom is 0.267 e. The third kappa shape index (κ3) is 2.59. The van der Waals surface area contributed by atoms with Crippen molar-refractivity contribution in [1.82, 2.24) is 14.8 Å². The quantitative estimate of drug-likeness (QED) is 0.795. The number of benzene rings is 1. The molecule has 3 aromatic rings. The van der Waals surface area contributed by atoms with Gasteiger partial charge >= 0.3 is 0 Å². The second-order valence-corrected chi connectivity index (χ2v) is 7.69. The molecule has 8 heteroatoms. The van der Waals surface area contributed by atoms with Gasteiger partial charge in [-0.05, 0) is 38.5 Å². The number of thiazole rings is 1. The summed E-state index contributed by atoms with van der Waals surface area (Å²) in [5, 5.41) is 4.44. The number of fused-ring (bicyclic) bond motifs is 1. The summed E-state index contributed by atoms with van der Waals surface area (Å²) < 4.78 is 30.1. The summed E-state index contributed by atoms with van der Waals surface area (Å²) in [4.78, 5) is 4.51. The van der Waals surface area contributed by atoms with Gasteiger partial charge in [-0.15, -0.1) is 0 Å². The van der Waals surface area contributed by atoms with E-state index in [4.69, 9.17) is 0 Å². The molecule has 0 atom stereocenters. The molecule has 116 valence electrons. The van der Waals surface area contributed by atoms with Gasteiger partial charge in [0.15, 0.2) is 5.13 Å². The average molecular weight is 336 g/mol. The van der Waals surface area contributed by atoms with Gasteiger partial charge in [-0.2, -0.15) is 5.10 Å². The van der Waals surface area contributed by atoms with Crippen molar-refractivity contribution < 1.29 is 8.42 Å². The van der Waals surface area contributed by atoms with E-state index in [0.29, 0.717) is 17.4 Å². The van der Waals surface area contributed by atoms with Crippen LogP contribution in [0, 0.1) is 13.8 Å². The number of hydrogen-bond donors (Lipinski definition) is 1. The highest BCUT2D eigenvalue weighted by atomic mass is 32.2. The van der Waals surface area contributed by atoms with E-state index in [1.807, 2.05) is 32.0 Å². The molecular weight excluding hydrogens is 320 g/mol. The van der Waals surface area contributed by atoms with Crippen molar-refractivity contribution in [2.75, 3.05) is 4.72 Å². The Morgan fingerprint density at radius 3 is 2.77 bits per heavy atom. The Labute approximate surface area is 132 Å². The zero-order chi connectivity index (χ0) is 15.9. The van der Waals surface area contributed by atoms with Crippen LogP contribution in [0.4, 0.5) is 5.13 Å². The fourth-order valence-corrected chi connectivity index (χ4v) is 4.63. The first-order valence-corrected chi connectivity index (χ1v) is 9.13. The molecule has 0 aliphatic heterocycles. The molecule has 0 saturated carbocycles. The molecule has 1 aromatic carbocycles. The van der Waals surface area contributed by atoms with Crippen molar-refractivity contribution in [3.63, 3.8) is 0 Å². The number of nitrogens with one attached hydrogen (secondary N) is 1. The molecule has 2 aromatic heterocycles. The molecule has 0 amide bonds. The fourth-order valence-electron chi connectivity index (χ4n) is 2.26. The van der Waals surface area contributed by atoms with E-state index in [2.05, 4.69) is 14.8 Å². The van der Waals surface area contributed by atoms with Crippen LogP contribution in [-0.4, -0.2) is 23.2 Å². The topological polar surface area (TPSA) is 76.9 Å². The van der Waals surface area contributed by atoms with Crippen LogP contribution in [0.2, 0.25) is 0 Å². The Bertz CT molecular complexity index is 941. The SMILES string of the molecule is CCn1ncc(S(=O)(=O)Nc2nc3ccc(C)cc3s2)c1C. The van der Waals surface area contributed by atoms with Crippen LogP contribution in [-0.2, 0) is 16.6 Å². The average Bonchev–Trinajstić information content (AvgIpc) is 3.00. The van der Waals surface area contributed by atoms with Crippen molar-refractivity contribution >= 4 is 36.7 Å². The molecule has 0 spiro atoms. The summed E-state index contributed by atoms with van der Waals surface area (Å²) >= 11 is 1.32. The first-order valence-electron chi connectivity index (χ1n) is 6.83. The van der Waals surface area contributed by atoms with Crippen LogP contribution in [0.15, 0.2) is 29.3 Å². The minimum atomic E-state index is -3.68. The predicted molar refractivity (Wildman–Crippen MR) is 87.8 cm³/mol. The highest BCUT2D eigenvalue weighted by Gasteiger charge is 2.22. The third-order valence-electron chi connectivity index (χ3n) is 3.41. The second kappa shape index (κ2) is 5.36. The van der Waals surface area contributed by atoms with Gasteiger partial charge in [0, 0.05) is 6.54 Å². The lowest BCUT2D eigenvalue weighted by Crippen LogP contribution is -2.13. The molecule has 6 nitrogen and oxygen atoms in total. The normalized spacial score (nSPS) is 12.0. The summed E-state index contributed by atoms with van der Waals surface area (Å²) in [5.74, 6) is 0. The molecule has 0 aliphatic carbocycles. The van der Waals surface area contributed by atoms with Crippen LogP contribution in [0.5, 0.6) is 0 Å². The van der Waals surface area contributed by atoms with Crippen LogP contribution < -0.4 is 4.72 Å². The largest absolute Gasteiger partial charge is 0.269 e. The van der Waals surface area contributed by atoms with Crippen molar-refractivity contribution in [2.24, 2.45) is 0 Å². The van der Waals surface area contributed by atoms with Gasteiger partial charge in [-0.3, -0.25) is 9.40 Å². The maximum atomic E-state index is 12.5. The summed E-state index contributed by atoms with van der Waals surface area (Å²) in [6, 6.07) is 5.83. The van der Waals surface area contributed by atoms with Gasteiger partial charge in [0.2, 0.25) is 0 Å². The maximum absolute atomic E-state index is 12.5. The van der Waals surface area contributed by atoms with Crippen molar-refractivity contribution in [3.05, 3.63) is 35.7 Å². The lowest BCUT2D eigenvalue weighted by Gasteiger charge is -2.04. The van der Waals surface area contributed by atoms with Crippen molar-refractivity contribution in [1.29, 1.82) is 0 Å². The molecule has 1 N–H and O–H groups in total. The lowest BCUT2D eigenvalue weighted by molar-refractivity contribution is 0.598. The third-order valence-corrected chi connectivity index (χ3v) is 5.92. The molecule has 2 heterocycles. The first-order chi connectivity index (χ1) is 10.4. The Kier molecular flexibility index (Phi) is 3.65. The minimum absolute atomic E-state index is 0.185. The van der Waals surface area contributed by atoms with E-state index in [0.717, 1.165) is 15.8 Å². The molecule has 0 fully saturated rings. The van der Waals surface area contributed by atoms with Gasteiger partial charge in [0.25, 0.3) is 10.0 Å². The highest BCUT2D eigenvalue weighted by Crippen LogP contribution is 2.28. The van der Waals surface area contributed by atoms with Crippen LogP contribution in [0.3, 0.4) is 0 Å². The van der Waals surface area contributed by atoms with Gasteiger partial charge in [0.05, 0.1) is 22.1 Å². The van der Waals surface area contributed by atoms with E-state index in [1.54, 1.807) is 11.6 Å². The molecular formula is C14H16N4O2S2. The summed E-state index contributed by atoms with van der Waals surface area (Å²) in [7, 11) is -3.68. The monoisotopic (exact) mass is 336 g/mol. The molecule has 0 unspecified atom stereocenters. The molecule has 0 aliphatic rings. The Morgan fingerprint density at radius 2 is 2.09 bits per heavy atom. The Balaban J connectivity index is 1.97. The van der Waals surface area contributed by atoms with E-state index in [9.17, 15) is 8.42 Å². The minimum Gasteiger partial charge on any atom is -0.269 e. The first kappa shape index (κ1) is 15.0. The van der Waals surface area contributed by atoms with E-state index < -0.39 is 10.0 Å². The number of sulfonamides is 1. The summed E-state index contributed by atoms with van der Waals surface area (Å²) in [6.07, 6.45) is 1.37. The van der Waals surface area contributed by atoms with Crippen LogP contribution in [0.25, 0.3) is 10.2 Å². The van der Waals surface area contributed by atoms with Crippen molar-refractivity contribution in [3.8, 4) is 0 Å². The number of rotatable bonds is 4. The van der Waals surface area contributed by atoms with Gasteiger partial charge in [-0.25, -0.2) is 13.4 Å². The second-order valence-electron chi connectivity index (χ2n) is 5.01. The van der Waals surface area contributed by atoms with E-state index >= 15 is 0 Å². The van der Waals surface area contributed by atoms with E-state index in [1.165, 1.54) is 17.5 Å². The van der Waals surface area contributed by atoms with Gasteiger partial charge in [0.1, 0.15) is 4.90 Å². The van der Waals surface area contributed by atoms with Crippen molar-refractivity contribution in [2.45, 2.75) is 32.2 Å². The molecule has 0 bridgehead atoms.